The molecule has 0 aliphatic rings. The molecular formula is C22H46ClN3O3. The van der Waals surface area contributed by atoms with Gasteiger partial charge in [0, 0.05) is 6.54 Å². The van der Waals surface area contributed by atoms with Crippen LogP contribution < -0.4 is 23.0 Å². The minimum absolute atomic E-state index is 0. The second-order valence-electron chi connectivity index (χ2n) is 9.06. The molecule has 0 heterocycles. The third-order valence-corrected chi connectivity index (χ3v) is 4.84. The maximum absolute atomic E-state index is 12.0. The number of carbonyl (C=O) groups excluding carboxylic acids is 1. The van der Waals surface area contributed by atoms with Crippen molar-refractivity contribution in [3.8, 4) is 0 Å². The average Bonchev–Trinajstić information content (AvgIpc) is 2.56. The van der Waals surface area contributed by atoms with Gasteiger partial charge in [0.25, 0.3) is 0 Å². The highest BCUT2D eigenvalue weighted by atomic mass is 35.5. The summed E-state index contributed by atoms with van der Waals surface area (Å²) in [7, 11) is 5.96. The lowest BCUT2D eigenvalue weighted by atomic mass is 10.1. The molecule has 0 fully saturated rings. The van der Waals surface area contributed by atoms with E-state index in [4.69, 9.17) is 5.11 Å². The molecule has 1 atom stereocenters. The zero-order valence-corrected chi connectivity index (χ0v) is 20.0. The summed E-state index contributed by atoms with van der Waals surface area (Å²) in [6.07, 6.45) is 15.5. The van der Waals surface area contributed by atoms with Crippen LogP contribution in [0.25, 0.3) is 0 Å². The quantitative estimate of drug-likeness (QED) is 0.226. The number of hydrogen-bond acceptors (Lipinski definition) is 2. The fraction of sp³-hybridized carbons (Fsp3) is 0.909. The largest absolute Gasteiger partial charge is 1.00 e. The van der Waals surface area contributed by atoms with E-state index in [1.165, 1.54) is 64.2 Å². The van der Waals surface area contributed by atoms with Gasteiger partial charge in [-0.2, -0.15) is 0 Å². The Balaban J connectivity index is 0. The molecular weight excluding hydrogens is 390 g/mol. The predicted molar refractivity (Wildman–Crippen MR) is 117 cm³/mol. The summed E-state index contributed by atoms with van der Waals surface area (Å²) >= 11 is 0. The number of urea groups is 1. The summed E-state index contributed by atoms with van der Waals surface area (Å²) in [6, 6.07) is -0.623. The molecule has 0 bridgehead atoms. The third kappa shape index (κ3) is 23.1. The molecule has 0 radical (unpaired) electrons. The number of aliphatic carboxylic acids is 1. The highest BCUT2D eigenvalue weighted by Gasteiger charge is 2.22. The number of unbranched alkanes of at least 4 members (excludes halogenated alkanes) is 11. The van der Waals surface area contributed by atoms with Gasteiger partial charge in [0.05, 0.1) is 40.2 Å². The number of nitrogens with zero attached hydrogens (tertiary/aromatic N) is 1. The van der Waals surface area contributed by atoms with E-state index in [2.05, 4.69) is 17.6 Å². The molecule has 0 spiro atoms. The molecule has 3 N–H and O–H groups in total. The highest BCUT2D eigenvalue weighted by Crippen LogP contribution is 2.11. The molecule has 0 unspecified atom stereocenters. The summed E-state index contributed by atoms with van der Waals surface area (Å²) in [5, 5.41) is 14.7. The van der Waals surface area contributed by atoms with Gasteiger partial charge in [-0.1, -0.05) is 77.6 Å². The fourth-order valence-electron chi connectivity index (χ4n) is 3.44. The van der Waals surface area contributed by atoms with Crippen LogP contribution in [0.5, 0.6) is 0 Å². The Morgan fingerprint density at radius 2 is 1.28 bits per heavy atom. The SMILES string of the molecule is CCCCCCCCCCCCCCNC(=O)N[C@H](CC(=O)O)C[N+](C)(C)C.[Cl-]. The number of carbonyl (C=O) groups is 2. The van der Waals surface area contributed by atoms with Crippen molar-refractivity contribution >= 4 is 12.0 Å². The number of halogens is 1. The molecule has 0 aromatic heterocycles. The van der Waals surface area contributed by atoms with Crippen molar-refractivity contribution in [2.45, 2.75) is 96.4 Å². The van der Waals surface area contributed by atoms with Crippen molar-refractivity contribution in [3.05, 3.63) is 0 Å². The number of likely N-dealkylation sites (N-methyl/N-ethyl adjacent to an activating group) is 1. The Bertz CT molecular complexity index is 415. The molecule has 0 aliphatic carbocycles. The summed E-state index contributed by atoms with van der Waals surface area (Å²) < 4.78 is 0.608. The van der Waals surface area contributed by atoms with E-state index in [1.54, 1.807) is 0 Å². The zero-order chi connectivity index (χ0) is 21.3. The van der Waals surface area contributed by atoms with Crippen LogP contribution in [0.3, 0.4) is 0 Å². The van der Waals surface area contributed by atoms with E-state index in [-0.39, 0.29) is 30.9 Å². The van der Waals surface area contributed by atoms with Crippen LogP contribution in [0.1, 0.15) is 90.4 Å². The van der Waals surface area contributed by atoms with Crippen molar-refractivity contribution in [2.75, 3.05) is 34.2 Å². The maximum Gasteiger partial charge on any atom is 0.315 e. The zero-order valence-electron chi connectivity index (χ0n) is 19.3. The second-order valence-corrected chi connectivity index (χ2v) is 9.06. The summed E-state index contributed by atoms with van der Waals surface area (Å²) in [5.41, 5.74) is 0. The molecule has 0 aromatic rings. The maximum atomic E-state index is 12.0. The van der Waals surface area contributed by atoms with Gasteiger partial charge in [0.15, 0.2) is 0 Å². The molecule has 0 saturated carbocycles. The number of nitrogens with one attached hydrogen (secondary N) is 2. The van der Waals surface area contributed by atoms with Gasteiger partial charge < -0.3 is 32.6 Å². The van der Waals surface area contributed by atoms with Gasteiger partial charge in [0.2, 0.25) is 0 Å². The predicted octanol–water partition coefficient (Wildman–Crippen LogP) is 1.54. The number of carboxylic acid groups (broad SMARTS) is 1. The Hall–Kier alpha value is -1.01. The summed E-state index contributed by atoms with van der Waals surface area (Å²) in [5.74, 6) is -0.889. The molecule has 0 aliphatic heterocycles. The van der Waals surface area contributed by atoms with Crippen LogP contribution in [0.2, 0.25) is 0 Å². The first-order valence-corrected chi connectivity index (χ1v) is 11.3. The molecule has 0 rings (SSSR count). The number of rotatable bonds is 18. The minimum Gasteiger partial charge on any atom is -1.00 e. The number of hydrogen-bond donors (Lipinski definition) is 3. The van der Waals surface area contributed by atoms with Crippen LogP contribution in [0.4, 0.5) is 4.79 Å². The number of quaternary nitrogens is 1. The van der Waals surface area contributed by atoms with E-state index in [1.807, 2.05) is 21.1 Å². The third-order valence-electron chi connectivity index (χ3n) is 4.84. The van der Waals surface area contributed by atoms with Crippen LogP contribution in [0.15, 0.2) is 0 Å². The molecule has 174 valence electrons. The van der Waals surface area contributed by atoms with E-state index in [0.29, 0.717) is 17.6 Å². The van der Waals surface area contributed by atoms with Gasteiger partial charge in [-0.15, -0.1) is 0 Å². The lowest BCUT2D eigenvalue weighted by Crippen LogP contribution is -3.00. The lowest BCUT2D eigenvalue weighted by Gasteiger charge is -2.29. The van der Waals surface area contributed by atoms with E-state index in [9.17, 15) is 9.59 Å². The van der Waals surface area contributed by atoms with E-state index in [0.717, 1.165) is 12.8 Å². The van der Waals surface area contributed by atoms with Gasteiger partial charge in [-0.3, -0.25) is 4.79 Å². The first kappa shape index (κ1) is 30.2. The fourth-order valence-corrected chi connectivity index (χ4v) is 3.44. The Labute approximate surface area is 185 Å². The number of carboxylic acids is 1. The first-order chi connectivity index (χ1) is 13.2. The number of amides is 2. The molecule has 0 aromatic carbocycles. The minimum atomic E-state index is -0.889. The average molecular weight is 436 g/mol. The Kier molecular flexibility index (Phi) is 19.8. The molecule has 7 heteroatoms. The Morgan fingerprint density at radius 3 is 1.69 bits per heavy atom. The van der Waals surface area contributed by atoms with Crippen LogP contribution in [-0.2, 0) is 4.79 Å². The molecule has 2 amide bonds. The van der Waals surface area contributed by atoms with Crippen LogP contribution >= 0.6 is 0 Å². The van der Waals surface area contributed by atoms with Crippen LogP contribution in [-0.4, -0.2) is 61.9 Å². The standard InChI is InChI=1S/C22H45N3O3.ClH/c1-5-6-7-8-9-10-11-12-13-14-15-16-17-23-22(28)24-20(18-21(26)27)19-25(2,3)4;/h20H,5-19H2,1-4H3,(H2-,23,24,26,27,28);1H/t20-;/m1./s1. The smallest absolute Gasteiger partial charge is 0.315 e. The Morgan fingerprint density at radius 1 is 0.828 bits per heavy atom. The van der Waals surface area contributed by atoms with E-state index < -0.39 is 5.97 Å². The van der Waals surface area contributed by atoms with E-state index >= 15 is 0 Å². The summed E-state index contributed by atoms with van der Waals surface area (Å²) in [6.45, 7) is 3.48. The molecule has 0 saturated heterocycles. The molecule has 29 heavy (non-hydrogen) atoms. The summed E-state index contributed by atoms with van der Waals surface area (Å²) in [4.78, 5) is 23.0. The van der Waals surface area contributed by atoms with Crippen molar-refractivity contribution in [3.63, 3.8) is 0 Å². The molecule has 6 nitrogen and oxygen atoms in total. The second kappa shape index (κ2) is 19.0. The van der Waals surface area contributed by atoms with Crippen molar-refractivity contribution in [1.82, 2.24) is 10.6 Å². The first-order valence-electron chi connectivity index (χ1n) is 11.3. The van der Waals surface area contributed by atoms with Crippen LogP contribution in [0, 0.1) is 0 Å². The van der Waals surface area contributed by atoms with Crippen molar-refractivity contribution in [1.29, 1.82) is 0 Å². The highest BCUT2D eigenvalue weighted by molar-refractivity contribution is 5.75. The van der Waals surface area contributed by atoms with Gasteiger partial charge in [-0.25, -0.2) is 4.79 Å². The topological polar surface area (TPSA) is 78.4 Å². The van der Waals surface area contributed by atoms with Gasteiger partial charge >= 0.3 is 12.0 Å². The van der Waals surface area contributed by atoms with Gasteiger partial charge in [0.1, 0.15) is 0 Å². The van der Waals surface area contributed by atoms with Gasteiger partial charge in [-0.05, 0) is 6.42 Å². The lowest BCUT2D eigenvalue weighted by molar-refractivity contribution is -0.871. The monoisotopic (exact) mass is 435 g/mol. The normalized spacial score (nSPS) is 12.1. The van der Waals surface area contributed by atoms with Crippen molar-refractivity contribution in [2.24, 2.45) is 0 Å². The van der Waals surface area contributed by atoms with Crippen molar-refractivity contribution < 1.29 is 31.6 Å².